The second kappa shape index (κ2) is 5.61. The second-order valence-electron chi connectivity index (χ2n) is 4.55. The molecule has 1 aliphatic rings. The fraction of sp³-hybridized carbons (Fsp3) is 0.533. The first kappa shape index (κ1) is 9.37. The van der Waals surface area contributed by atoms with Crippen LogP contribution in [0.15, 0.2) is 24.3 Å². The number of carbonyl (C=O) groups excluding carboxylic acids is 1. The van der Waals surface area contributed by atoms with Crippen LogP contribution in [0.2, 0.25) is 0 Å². The lowest BCUT2D eigenvalue weighted by molar-refractivity contribution is -0.152. The number of esters is 1. The van der Waals surface area contributed by atoms with E-state index in [4.69, 9.17) is 10.2 Å². The van der Waals surface area contributed by atoms with E-state index in [0.717, 1.165) is 0 Å². The second-order valence-corrected chi connectivity index (χ2v) is 4.55. The summed E-state index contributed by atoms with van der Waals surface area (Å²) >= 11 is 0. The number of hydrogen-bond acceptors (Lipinski definition) is 4. The third-order valence-electron chi connectivity index (χ3n) is 3.09. The normalized spacial score (nSPS) is 27.5. The minimum Gasteiger partial charge on any atom is -0.508 e. The molecule has 4 heteroatoms. The van der Waals surface area contributed by atoms with Gasteiger partial charge < -0.3 is 14.7 Å². The van der Waals surface area contributed by atoms with Crippen molar-refractivity contribution >= 4 is 5.97 Å². The SMILES string of the molecule is [2H]C1([2H])CN(C)CC([2H])([2H])C1(C(=O)OCC)c1cccc(O)c1. The Morgan fingerprint density at radius 2 is 2.21 bits per heavy atom. The highest BCUT2D eigenvalue weighted by atomic mass is 16.5. The van der Waals surface area contributed by atoms with Crippen LogP contribution in [0.1, 0.15) is 30.7 Å². The number of nitrogens with zero attached hydrogens (tertiary/aromatic N) is 1. The summed E-state index contributed by atoms with van der Waals surface area (Å²) in [6.07, 6.45) is -4.44. The zero-order chi connectivity index (χ0) is 17.5. The lowest BCUT2D eigenvalue weighted by atomic mass is 9.72. The number of likely N-dealkylation sites (tertiary alicyclic amines) is 1. The lowest BCUT2D eigenvalue weighted by Gasteiger charge is -2.38. The Bertz CT molecular complexity index is 588. The Kier molecular flexibility index (Phi) is 2.77. The van der Waals surface area contributed by atoms with Crippen LogP contribution in [-0.4, -0.2) is 42.7 Å². The molecule has 0 aliphatic carbocycles. The van der Waals surface area contributed by atoms with Crippen LogP contribution in [0.3, 0.4) is 0 Å². The van der Waals surface area contributed by atoms with Gasteiger partial charge >= 0.3 is 5.97 Å². The number of phenols is 1. The zero-order valence-electron chi connectivity index (χ0n) is 15.1. The molecular weight excluding hydrogens is 242 g/mol. The van der Waals surface area contributed by atoms with Gasteiger partial charge in [0.25, 0.3) is 0 Å². The first-order chi connectivity index (χ1) is 10.6. The molecule has 0 unspecified atom stereocenters. The van der Waals surface area contributed by atoms with Crippen molar-refractivity contribution in [2.75, 3.05) is 26.7 Å². The van der Waals surface area contributed by atoms with Crippen molar-refractivity contribution in [2.45, 2.75) is 25.1 Å². The van der Waals surface area contributed by atoms with E-state index in [1.807, 2.05) is 0 Å². The third kappa shape index (κ3) is 2.73. The Balaban J connectivity index is 2.77. The van der Waals surface area contributed by atoms with Crippen molar-refractivity contribution in [3.05, 3.63) is 29.8 Å². The molecule has 19 heavy (non-hydrogen) atoms. The van der Waals surface area contributed by atoms with E-state index in [-0.39, 0.29) is 31.0 Å². The molecule has 0 spiro atoms. The van der Waals surface area contributed by atoms with Gasteiger partial charge in [0.2, 0.25) is 0 Å². The van der Waals surface area contributed by atoms with Crippen LogP contribution in [0.25, 0.3) is 0 Å². The Labute approximate surface area is 119 Å². The molecule has 0 bridgehead atoms. The van der Waals surface area contributed by atoms with E-state index in [0.29, 0.717) is 0 Å². The fourth-order valence-corrected chi connectivity index (χ4v) is 2.07. The van der Waals surface area contributed by atoms with Crippen molar-refractivity contribution in [1.82, 2.24) is 4.90 Å². The first-order valence-corrected chi connectivity index (χ1v) is 6.24. The molecule has 0 saturated carbocycles. The lowest BCUT2D eigenvalue weighted by Crippen LogP contribution is -2.47. The molecule has 0 amide bonds. The number of phenolic OH excluding ortho intramolecular Hbond substituents is 1. The number of rotatable bonds is 3. The standard InChI is InChI=1S/C15H21NO3/c1-3-19-14(18)15(7-9-16(2)10-8-15)12-5-4-6-13(17)11-12/h4-6,11,17H,3,7-10H2,1-2H3/i7D2,8D2. The predicted molar refractivity (Wildman–Crippen MR) is 73.1 cm³/mol. The molecule has 1 fully saturated rings. The molecule has 2 rings (SSSR count). The maximum Gasteiger partial charge on any atom is 0.316 e. The number of carbonyl (C=O) groups is 1. The zero-order valence-corrected chi connectivity index (χ0v) is 11.1. The molecule has 0 aromatic heterocycles. The molecule has 1 aliphatic heterocycles. The summed E-state index contributed by atoms with van der Waals surface area (Å²) in [5.41, 5.74) is -2.07. The van der Waals surface area contributed by atoms with Crippen molar-refractivity contribution in [1.29, 1.82) is 0 Å². The van der Waals surface area contributed by atoms with Gasteiger partial charge in [-0.2, -0.15) is 0 Å². The molecular formula is C15H21NO3. The van der Waals surface area contributed by atoms with Crippen LogP contribution in [0.4, 0.5) is 0 Å². The van der Waals surface area contributed by atoms with Gasteiger partial charge in [0.15, 0.2) is 0 Å². The van der Waals surface area contributed by atoms with E-state index in [9.17, 15) is 9.90 Å². The molecule has 1 aromatic carbocycles. The van der Waals surface area contributed by atoms with Crippen LogP contribution in [0.5, 0.6) is 5.75 Å². The highest BCUT2D eigenvalue weighted by Crippen LogP contribution is 2.37. The minimum atomic E-state index is -2.22. The van der Waals surface area contributed by atoms with Gasteiger partial charge in [-0.05, 0) is 57.5 Å². The number of piperidine rings is 1. The van der Waals surface area contributed by atoms with Crippen molar-refractivity contribution in [2.24, 2.45) is 0 Å². The van der Waals surface area contributed by atoms with E-state index in [1.54, 1.807) is 14.0 Å². The van der Waals surface area contributed by atoms with Gasteiger partial charge in [0, 0.05) is 5.48 Å². The maximum absolute atomic E-state index is 12.8. The molecule has 4 nitrogen and oxygen atoms in total. The molecule has 0 atom stereocenters. The van der Waals surface area contributed by atoms with Gasteiger partial charge in [0.05, 0.1) is 12.0 Å². The molecule has 1 saturated heterocycles. The van der Waals surface area contributed by atoms with Crippen LogP contribution in [-0.2, 0) is 14.9 Å². The number of ether oxygens (including phenoxy) is 1. The monoisotopic (exact) mass is 267 g/mol. The third-order valence-corrected chi connectivity index (χ3v) is 3.09. The van der Waals surface area contributed by atoms with Crippen molar-refractivity contribution < 1.29 is 20.1 Å². The summed E-state index contributed by atoms with van der Waals surface area (Å²) in [7, 11) is 1.60. The van der Waals surface area contributed by atoms with E-state index in [2.05, 4.69) is 0 Å². The molecule has 1 heterocycles. The van der Waals surface area contributed by atoms with Gasteiger partial charge in [-0.25, -0.2) is 0 Å². The molecule has 1 N–H and O–H groups in total. The summed E-state index contributed by atoms with van der Waals surface area (Å²) < 4.78 is 38.8. The maximum atomic E-state index is 12.8. The Morgan fingerprint density at radius 1 is 1.53 bits per heavy atom. The van der Waals surface area contributed by atoms with Gasteiger partial charge in [0.1, 0.15) is 5.75 Å². The van der Waals surface area contributed by atoms with Gasteiger partial charge in [-0.1, -0.05) is 12.1 Å². The van der Waals surface area contributed by atoms with Gasteiger partial charge in [-0.15, -0.1) is 0 Å². The summed E-state index contributed by atoms with van der Waals surface area (Å²) in [5, 5.41) is 9.75. The average molecular weight is 267 g/mol. The molecule has 104 valence electrons. The largest absolute Gasteiger partial charge is 0.508 e. The topological polar surface area (TPSA) is 49.8 Å². The summed E-state index contributed by atoms with van der Waals surface area (Å²) in [5.74, 6) is -1.11. The minimum absolute atomic E-state index is 0.0153. The summed E-state index contributed by atoms with van der Waals surface area (Å²) in [4.78, 5) is 14.3. The summed E-state index contributed by atoms with van der Waals surface area (Å²) in [6, 6.07) is 5.55. The van der Waals surface area contributed by atoms with Crippen molar-refractivity contribution in [3.8, 4) is 5.75 Å². The van der Waals surface area contributed by atoms with Gasteiger partial charge in [-0.3, -0.25) is 4.79 Å². The highest BCUT2D eigenvalue weighted by molar-refractivity contribution is 5.83. The average Bonchev–Trinajstić information content (AvgIpc) is 2.35. The Hall–Kier alpha value is -1.55. The van der Waals surface area contributed by atoms with Crippen LogP contribution >= 0.6 is 0 Å². The fourth-order valence-electron chi connectivity index (χ4n) is 2.07. The number of benzene rings is 1. The number of hydrogen-bond donors (Lipinski definition) is 1. The highest BCUT2D eigenvalue weighted by Gasteiger charge is 2.43. The quantitative estimate of drug-likeness (QED) is 0.850. The smallest absolute Gasteiger partial charge is 0.316 e. The summed E-state index contributed by atoms with van der Waals surface area (Å²) in [6.45, 7) is 1.36. The Morgan fingerprint density at radius 3 is 2.79 bits per heavy atom. The van der Waals surface area contributed by atoms with E-state index >= 15 is 0 Å². The van der Waals surface area contributed by atoms with Crippen molar-refractivity contribution in [3.63, 3.8) is 0 Å². The predicted octanol–water partition coefficient (Wildman–Crippen LogP) is 1.92. The van der Waals surface area contributed by atoms with Crippen LogP contribution in [0, 0.1) is 0 Å². The van der Waals surface area contributed by atoms with E-state index in [1.165, 1.54) is 29.2 Å². The number of aromatic hydroxyl groups is 1. The first-order valence-electron chi connectivity index (χ1n) is 8.24. The van der Waals surface area contributed by atoms with E-state index < -0.39 is 24.1 Å². The molecule has 1 aromatic rings. The molecule has 0 radical (unpaired) electrons. The van der Waals surface area contributed by atoms with Crippen LogP contribution < -0.4 is 0 Å².